The number of nitrogens with one attached hydrogen (secondary N) is 6. The maximum atomic E-state index is 15.0. The van der Waals surface area contributed by atoms with E-state index in [-0.39, 0.29) is 68.9 Å². The van der Waals surface area contributed by atoms with Crippen LogP contribution in [0.4, 0.5) is 114 Å². The third kappa shape index (κ3) is 22.1. The highest BCUT2D eigenvalue weighted by atomic mass is 19.4. The van der Waals surface area contributed by atoms with Gasteiger partial charge in [0, 0.05) is 152 Å². The van der Waals surface area contributed by atoms with E-state index >= 15 is 0 Å². The Balaban J connectivity index is 0.000000193. The molecule has 6 N–H and O–H groups in total. The second-order valence-corrected chi connectivity index (χ2v) is 32.8. The minimum absolute atomic E-state index is 0.0284. The van der Waals surface area contributed by atoms with Crippen LogP contribution in [-0.4, -0.2) is 158 Å². The van der Waals surface area contributed by atoms with Crippen LogP contribution in [-0.2, 0) is 101 Å². The number of esters is 3. The smallest absolute Gasteiger partial charge is 0.417 e. The molecular weight excluding hydrogens is 1970 g/mol. The number of carbonyl (C=O) groups excluding carboxylic acids is 6. The summed E-state index contributed by atoms with van der Waals surface area (Å²) in [4.78, 5) is 142. The van der Waals surface area contributed by atoms with Crippen LogP contribution in [0.2, 0.25) is 0 Å². The minimum atomic E-state index is -5.13. The molecule has 29 nitrogen and oxygen atoms in total. The molecule has 144 heavy (non-hydrogen) atoms. The molecule has 13 aromatic rings. The van der Waals surface area contributed by atoms with Gasteiger partial charge >= 0.3 is 54.5 Å². The molecule has 0 radical (unpaired) electrons. The molecule has 9 aromatic heterocycles. The predicted molar refractivity (Wildman–Crippen MR) is 474 cm³/mol. The van der Waals surface area contributed by atoms with Gasteiger partial charge in [0.2, 0.25) is 0 Å². The summed E-state index contributed by atoms with van der Waals surface area (Å²) in [6, 6.07) is 2.46. The third-order valence-corrected chi connectivity index (χ3v) is 23.8. The number of alkyl halides is 15. The predicted octanol–water partition coefficient (Wildman–Crippen LogP) is 15.2. The first-order chi connectivity index (χ1) is 67.4. The van der Waals surface area contributed by atoms with E-state index in [4.69, 9.17) is 14.2 Å². The van der Waals surface area contributed by atoms with Gasteiger partial charge in [-0.2, -0.15) is 65.9 Å². The van der Waals surface area contributed by atoms with E-state index in [1.54, 1.807) is 19.1 Å². The van der Waals surface area contributed by atoms with Crippen LogP contribution in [0.1, 0.15) is 116 Å². The van der Waals surface area contributed by atoms with Gasteiger partial charge in [0.15, 0.2) is 0 Å². The molecule has 9 heterocycles. The van der Waals surface area contributed by atoms with Crippen molar-refractivity contribution in [3.8, 4) is 33.4 Å². The van der Waals surface area contributed by atoms with Crippen LogP contribution in [0.5, 0.6) is 0 Å². The van der Waals surface area contributed by atoms with E-state index in [1.165, 1.54) is 120 Å². The SMILES string of the molecule is CC[C@@H](Nc1cc(F)c(C(=O)N[C@@H](Cc2ccc(-c3c(C(F)(F)F)c4c(n(C)c3=O)CCC4)c3nccn23)C(=O)OC)c(F)c1)C(F)(F)F.CC[C@@H](Nc1cc(F)c(C(=O)N[C@@H](Cc2ccc(-c3c(C(F)(F)F)c4cc(F)ccc4n(C)c3=O)c3nccn23)C(=O)OC)c(F)c1)C(F)(F)F.COC(=O)[C@H](Cc1ccc(-c2c(C)n(C)c(=O)n(C)c2=O)c2nccn12)NC(=O)c1c(F)cc(N[C@H](C)C(F)(F)F)cc1F. The van der Waals surface area contributed by atoms with Crippen molar-refractivity contribution in [2.45, 2.75) is 146 Å². The van der Waals surface area contributed by atoms with Crippen LogP contribution in [0.3, 0.4) is 0 Å². The third-order valence-electron chi connectivity index (χ3n) is 23.8. The van der Waals surface area contributed by atoms with E-state index in [9.17, 15) is 145 Å². The van der Waals surface area contributed by atoms with E-state index in [1.807, 2.05) is 16.0 Å². The van der Waals surface area contributed by atoms with Crippen molar-refractivity contribution >= 4 is 80.5 Å². The number of aryl methyl sites for hydroxylation is 1. The molecule has 0 fully saturated rings. The Morgan fingerprint density at radius 1 is 0.417 bits per heavy atom. The summed E-state index contributed by atoms with van der Waals surface area (Å²) in [5.74, 6) is -17.4. The number of hydrogen-bond donors (Lipinski definition) is 6. The Hall–Kier alpha value is -15.5. The quantitative estimate of drug-likeness (QED) is 0.0167. The van der Waals surface area contributed by atoms with Gasteiger partial charge in [0.1, 0.15) is 111 Å². The summed E-state index contributed by atoms with van der Waals surface area (Å²) < 4.78 is 331. The van der Waals surface area contributed by atoms with Crippen molar-refractivity contribution in [1.29, 1.82) is 0 Å². The zero-order chi connectivity index (χ0) is 106. The molecule has 0 spiro atoms. The maximum absolute atomic E-state index is 15.0. The molecule has 1 aliphatic rings. The average molecular weight is 2050 g/mol. The second-order valence-electron chi connectivity index (χ2n) is 32.8. The van der Waals surface area contributed by atoms with Crippen molar-refractivity contribution in [3.63, 3.8) is 0 Å². The summed E-state index contributed by atoms with van der Waals surface area (Å²) in [6.45, 7) is 4.77. The van der Waals surface area contributed by atoms with Gasteiger partial charge in [0.25, 0.3) is 34.4 Å². The summed E-state index contributed by atoms with van der Waals surface area (Å²) in [7, 11) is 8.43. The second kappa shape index (κ2) is 41.9. The van der Waals surface area contributed by atoms with Gasteiger partial charge in [-0.15, -0.1) is 0 Å². The Morgan fingerprint density at radius 2 is 0.757 bits per heavy atom. The van der Waals surface area contributed by atoms with Crippen LogP contribution < -0.4 is 54.3 Å². The van der Waals surface area contributed by atoms with Gasteiger partial charge < -0.3 is 73.0 Å². The number of carbonyl (C=O) groups is 6. The van der Waals surface area contributed by atoms with Gasteiger partial charge in [0.05, 0.1) is 54.7 Å². The van der Waals surface area contributed by atoms with Crippen LogP contribution >= 0.6 is 0 Å². The highest BCUT2D eigenvalue weighted by Crippen LogP contribution is 2.45. The van der Waals surface area contributed by atoms with Crippen molar-refractivity contribution in [2.75, 3.05) is 37.3 Å². The van der Waals surface area contributed by atoms with Crippen LogP contribution in [0, 0.1) is 47.6 Å². The zero-order valence-electron chi connectivity index (χ0n) is 76.8. The molecule has 4 aromatic carbocycles. The number of halogens is 22. The van der Waals surface area contributed by atoms with Crippen molar-refractivity contribution < 1.29 is 140 Å². The molecule has 0 bridgehead atoms. The number of hydrogen-bond acceptors (Lipinski definition) is 19. The number of anilines is 3. The Kier molecular flexibility index (Phi) is 31.3. The van der Waals surface area contributed by atoms with Crippen LogP contribution in [0.15, 0.2) is 147 Å². The summed E-state index contributed by atoms with van der Waals surface area (Å²) in [5.41, 5.74) is -10.8. The standard InChI is InChI=1S/C33H26F9N5O4.C32H29F8N5O4.C28H27F5N6O5/c1-4-24(32(37,38)39)44-16-12-20(35)26(21(36)13-16)29(48)45-22(31(50)51-3)14-17-6-7-18(28-43-9-10-47(17)28)25-27(33(40,41)42)19-11-15(34)5-8-23(19)46(2)30(25)49;1-4-23(31(35,36)37)42-15-12-19(33)25(20(34)13-15)28(46)43-21(30(48)49-3)14-16-8-9-18(27-41-10-11-45(16)27)24-26(32(38,39)40)17-6-5-7-22(17)44(2)29(24)47;1-13-21(25(41)38(4)27(43)37(13)3)17-7-6-16(39-9-8-34-23(17)39)12-20(26(42)44-5)36-24(40)22-18(29)10-15(11-19(22)30)35-14(2)28(31,32)33/h5-13,22,24,44H,4,14H2,1-3H3,(H,45,48);8-13,21,23,42H,4-7,14H2,1-3H3,(H,43,46);6-11,14,20,35H,12H2,1-5H3,(H,36,40)/t22-,24+;21-,23+;14-,20+/m001/s1. The first-order valence-electron chi connectivity index (χ1n) is 42.9. The number of nitrogens with zero attached hydrogens (tertiary/aromatic N) is 10. The Bertz CT molecular complexity index is 7430. The zero-order valence-corrected chi connectivity index (χ0v) is 76.8. The Morgan fingerprint density at radius 3 is 1.10 bits per heavy atom. The van der Waals surface area contributed by atoms with E-state index < -0.39 is 253 Å². The van der Waals surface area contributed by atoms with Gasteiger partial charge in [-0.3, -0.25) is 33.3 Å². The number of aromatic nitrogens is 10. The summed E-state index contributed by atoms with van der Waals surface area (Å²) in [5, 5.41) is 11.8. The van der Waals surface area contributed by atoms with Gasteiger partial charge in [-0.1, -0.05) is 13.8 Å². The van der Waals surface area contributed by atoms with E-state index in [2.05, 4.69) is 30.9 Å². The molecule has 3 amide bonds. The lowest BCUT2D eigenvalue weighted by Crippen LogP contribution is -2.44. The molecule has 51 heteroatoms. The number of ether oxygens (including phenoxy) is 3. The topological polar surface area (TPSA) is 342 Å². The minimum Gasteiger partial charge on any atom is -0.467 e. The highest BCUT2D eigenvalue weighted by Gasteiger charge is 2.46. The molecule has 14 rings (SSSR count). The number of benzene rings is 4. The lowest BCUT2D eigenvalue weighted by molar-refractivity contribution is -0.143. The lowest BCUT2D eigenvalue weighted by atomic mass is 9.95. The fourth-order valence-corrected chi connectivity index (χ4v) is 16.6. The molecule has 6 atom stereocenters. The fraction of sp³-hybridized carbons (Fsp3) is 0.323. The van der Waals surface area contributed by atoms with Crippen molar-refractivity contribution in [3.05, 3.63) is 272 Å². The number of pyridine rings is 5. The van der Waals surface area contributed by atoms with E-state index in [0.717, 1.165) is 55.6 Å². The largest absolute Gasteiger partial charge is 0.467 e. The molecular formula is C93H82F22N16O13. The molecule has 0 saturated heterocycles. The number of methoxy groups -OCH3 is 3. The highest BCUT2D eigenvalue weighted by molar-refractivity contribution is 6.00. The summed E-state index contributed by atoms with van der Waals surface area (Å²) in [6.07, 6.45) is -17.4. The number of imidazole rings is 3. The first kappa shape index (κ1) is 107. The molecule has 766 valence electrons. The average Bonchev–Trinajstić information content (AvgIpc) is 1.11. The van der Waals surface area contributed by atoms with Gasteiger partial charge in [-0.05, 0) is 143 Å². The maximum Gasteiger partial charge on any atom is 0.417 e. The van der Waals surface area contributed by atoms with Crippen LogP contribution in [0.25, 0.3) is 61.2 Å². The monoisotopic (exact) mass is 2050 g/mol. The number of rotatable bonds is 26. The fourth-order valence-electron chi connectivity index (χ4n) is 16.6. The van der Waals surface area contributed by atoms with Crippen molar-refractivity contribution in [1.82, 2.24) is 62.4 Å². The number of fused-ring (bicyclic) bond motifs is 5. The van der Waals surface area contributed by atoms with Gasteiger partial charge in [-0.25, -0.2) is 64.9 Å². The molecule has 0 unspecified atom stereocenters. The number of amides is 3. The summed E-state index contributed by atoms with van der Waals surface area (Å²) >= 11 is 0. The van der Waals surface area contributed by atoms with E-state index in [0.29, 0.717) is 78.0 Å². The first-order valence-corrected chi connectivity index (χ1v) is 42.9. The molecule has 0 saturated carbocycles. The molecule has 1 aliphatic carbocycles. The lowest BCUT2D eigenvalue weighted by Gasteiger charge is -2.22. The van der Waals surface area contributed by atoms with Crippen molar-refractivity contribution in [2.24, 2.45) is 28.2 Å². The Labute approximate surface area is 796 Å². The normalized spacial score (nSPS) is 13.6. The molecule has 0 aliphatic heterocycles.